The fraction of sp³-hybridized carbons (Fsp3) is 0.323. The summed E-state index contributed by atoms with van der Waals surface area (Å²) in [5.41, 5.74) is 16.7. The number of hydrogen-bond donors (Lipinski definition) is 4. The number of aromatic amines is 1. The van der Waals surface area contributed by atoms with Crippen molar-refractivity contribution in [3.63, 3.8) is 0 Å². The molecule has 1 unspecified atom stereocenters. The van der Waals surface area contributed by atoms with E-state index in [-0.39, 0.29) is 17.9 Å². The fourth-order valence-electron chi connectivity index (χ4n) is 5.24. The number of halogens is 4. The molecule has 7 nitrogen and oxygen atoms in total. The number of carbonyl (C=O) groups is 2. The van der Waals surface area contributed by atoms with E-state index >= 15 is 0 Å². The number of nitrogens with one attached hydrogen (secondary N) is 2. The van der Waals surface area contributed by atoms with E-state index in [0.29, 0.717) is 29.7 Å². The molecule has 0 aliphatic heterocycles. The maximum absolute atomic E-state index is 13.3. The molecule has 0 saturated heterocycles. The van der Waals surface area contributed by atoms with Gasteiger partial charge in [0.15, 0.2) is 5.82 Å². The van der Waals surface area contributed by atoms with Gasteiger partial charge in [-0.25, -0.2) is 0 Å². The van der Waals surface area contributed by atoms with E-state index in [1.807, 2.05) is 48.5 Å². The predicted molar refractivity (Wildman–Crippen MR) is 159 cm³/mol. The number of nitrogens with zero attached hydrogens (tertiary/aromatic N) is 1. The summed E-state index contributed by atoms with van der Waals surface area (Å²) < 4.78 is 31.2. The van der Waals surface area contributed by atoms with E-state index in [2.05, 4.69) is 33.7 Å². The van der Waals surface area contributed by atoms with E-state index in [1.165, 1.54) is 5.56 Å². The minimum absolute atomic E-state index is 0.0334. The highest BCUT2D eigenvalue weighted by molar-refractivity contribution is 6.33. The summed E-state index contributed by atoms with van der Waals surface area (Å²) >= 11 is 6.66. The lowest BCUT2D eigenvalue weighted by molar-refractivity contribution is -0.156. The Kier molecular flexibility index (Phi) is 10.2. The average molecular weight is 600 g/mol. The zero-order valence-electron chi connectivity index (χ0n) is 22.8. The molecule has 222 valence electrons. The van der Waals surface area contributed by atoms with Crippen LogP contribution in [0.5, 0.6) is 0 Å². The molecule has 1 aliphatic carbocycles. The van der Waals surface area contributed by atoms with Crippen LogP contribution >= 0.6 is 11.6 Å². The molecular weight excluding hydrogens is 567 g/mol. The monoisotopic (exact) mass is 599 g/mol. The van der Waals surface area contributed by atoms with Crippen LogP contribution in [0.15, 0.2) is 66.7 Å². The molecule has 1 atom stereocenters. The van der Waals surface area contributed by atoms with Crippen LogP contribution in [0.3, 0.4) is 0 Å². The predicted octanol–water partition coefficient (Wildman–Crippen LogP) is 6.38. The number of rotatable bonds is 7. The first-order valence-corrected chi connectivity index (χ1v) is 14.1. The smallest absolute Gasteiger partial charge is 0.382 e. The molecular formula is C31H33ClF3N5O2. The number of H-pyrrole nitrogens is 1. The zero-order chi connectivity index (χ0) is 30.3. The highest BCUT2D eigenvalue weighted by atomic mass is 35.5. The Labute approximate surface area is 246 Å². The second-order valence-electron chi connectivity index (χ2n) is 10.5. The van der Waals surface area contributed by atoms with Crippen LogP contribution < -0.4 is 16.8 Å². The molecule has 0 radical (unpaired) electrons. The lowest BCUT2D eigenvalue weighted by Gasteiger charge is -2.29. The number of benzene rings is 3. The van der Waals surface area contributed by atoms with Crippen molar-refractivity contribution in [3.05, 3.63) is 82.9 Å². The summed E-state index contributed by atoms with van der Waals surface area (Å²) in [5.74, 6) is 1.17. The zero-order valence-corrected chi connectivity index (χ0v) is 23.6. The molecule has 11 heteroatoms. The van der Waals surface area contributed by atoms with Crippen LogP contribution in [0.4, 0.5) is 19.0 Å². The first kappa shape index (κ1) is 31.1. The number of nitrogens with two attached hydrogens (primary N) is 2. The van der Waals surface area contributed by atoms with Crippen LogP contribution in [0, 0.1) is 11.8 Å². The Morgan fingerprint density at radius 3 is 2.40 bits per heavy atom. The lowest BCUT2D eigenvalue weighted by Crippen LogP contribution is -2.37. The molecule has 42 heavy (non-hydrogen) atoms. The Hall–Kier alpha value is -3.89. The summed E-state index contributed by atoms with van der Waals surface area (Å²) in [6.45, 7) is 0.704. The summed E-state index contributed by atoms with van der Waals surface area (Å²) in [6.07, 6.45) is -1.18. The minimum Gasteiger partial charge on any atom is -0.382 e. The number of aldehydes is 1. The average Bonchev–Trinajstić information content (AvgIpc) is 3.37. The standard InChI is InChI=1S/C29H32ClN5O.C2HF3O/c30-25-13-11-22(15-24(25)21-10-12-23-27(16-21)34-35-28(23)32)26(14-18-4-2-1-3-5-18)33-29(36)20-8-6-19(17-31)7-9-20;3-2(4,5)1-6/h1-5,10-13,15-16,19-20,26H,6-9,14,17,31H2,(H,33,36)(H3,32,34,35);1H. The molecule has 1 aromatic heterocycles. The molecule has 5 rings (SSSR count). The van der Waals surface area contributed by atoms with Gasteiger partial charge in [-0.1, -0.05) is 54.1 Å². The summed E-state index contributed by atoms with van der Waals surface area (Å²) in [5, 5.41) is 12.0. The summed E-state index contributed by atoms with van der Waals surface area (Å²) in [7, 11) is 0. The number of amides is 1. The molecule has 0 bridgehead atoms. The van der Waals surface area contributed by atoms with Crippen LogP contribution in [0.2, 0.25) is 5.02 Å². The first-order valence-electron chi connectivity index (χ1n) is 13.7. The molecule has 1 heterocycles. The van der Waals surface area contributed by atoms with Crippen molar-refractivity contribution in [2.75, 3.05) is 12.3 Å². The largest absolute Gasteiger partial charge is 0.446 e. The van der Waals surface area contributed by atoms with Crippen LogP contribution in [-0.4, -0.2) is 35.1 Å². The molecule has 0 spiro atoms. The van der Waals surface area contributed by atoms with Crippen molar-refractivity contribution in [1.82, 2.24) is 15.5 Å². The maximum atomic E-state index is 13.3. The number of carbonyl (C=O) groups excluding carboxylic acids is 2. The van der Waals surface area contributed by atoms with Gasteiger partial charge in [0.1, 0.15) is 0 Å². The lowest BCUT2D eigenvalue weighted by atomic mass is 9.81. The van der Waals surface area contributed by atoms with Gasteiger partial charge in [-0.2, -0.15) is 18.3 Å². The van der Waals surface area contributed by atoms with E-state index in [4.69, 9.17) is 27.9 Å². The summed E-state index contributed by atoms with van der Waals surface area (Å²) in [6, 6.07) is 22.0. The third-order valence-corrected chi connectivity index (χ3v) is 7.91. The van der Waals surface area contributed by atoms with Crippen LogP contribution in [0.25, 0.3) is 22.0 Å². The van der Waals surface area contributed by atoms with Gasteiger partial charge >= 0.3 is 6.18 Å². The Bertz CT molecular complexity index is 1500. The van der Waals surface area contributed by atoms with Gasteiger partial charge in [-0.3, -0.25) is 14.7 Å². The van der Waals surface area contributed by atoms with Crippen molar-refractivity contribution in [1.29, 1.82) is 0 Å². The number of aromatic nitrogens is 2. The number of fused-ring (bicyclic) bond motifs is 1. The van der Waals surface area contributed by atoms with E-state index in [0.717, 1.165) is 53.3 Å². The van der Waals surface area contributed by atoms with Crippen molar-refractivity contribution in [2.24, 2.45) is 17.6 Å². The van der Waals surface area contributed by atoms with Gasteiger partial charge in [0, 0.05) is 21.9 Å². The number of nitrogen functional groups attached to an aromatic ring is 1. The van der Waals surface area contributed by atoms with E-state index in [9.17, 15) is 18.0 Å². The Morgan fingerprint density at radius 2 is 1.76 bits per heavy atom. The molecule has 1 aliphatic rings. The quantitative estimate of drug-likeness (QED) is 0.183. The van der Waals surface area contributed by atoms with Crippen LogP contribution in [0.1, 0.15) is 42.9 Å². The van der Waals surface area contributed by atoms with Gasteiger partial charge in [0.2, 0.25) is 12.2 Å². The van der Waals surface area contributed by atoms with Crippen LogP contribution in [-0.2, 0) is 16.0 Å². The Morgan fingerprint density at radius 1 is 1.07 bits per heavy atom. The highest BCUT2D eigenvalue weighted by Gasteiger charge is 2.28. The molecule has 1 saturated carbocycles. The van der Waals surface area contributed by atoms with E-state index in [1.54, 1.807) is 0 Å². The number of alkyl halides is 3. The molecule has 1 amide bonds. The van der Waals surface area contributed by atoms with Crippen molar-refractivity contribution in [2.45, 2.75) is 44.3 Å². The van der Waals surface area contributed by atoms with Crippen molar-refractivity contribution in [3.8, 4) is 11.1 Å². The van der Waals surface area contributed by atoms with Gasteiger partial charge in [0.25, 0.3) is 0 Å². The number of anilines is 1. The number of hydrogen-bond acceptors (Lipinski definition) is 5. The SMILES string of the molecule is NCC1CCC(C(=O)NC(Cc2ccccc2)c2ccc(Cl)c(-c3ccc4c(N)n[nH]c4c3)c2)CC1.O=CC(F)(F)F. The van der Waals surface area contributed by atoms with Gasteiger partial charge in [-0.15, -0.1) is 0 Å². The minimum atomic E-state index is -4.64. The van der Waals surface area contributed by atoms with E-state index < -0.39 is 12.5 Å². The van der Waals surface area contributed by atoms with Gasteiger partial charge in [0.05, 0.1) is 11.6 Å². The fourth-order valence-corrected chi connectivity index (χ4v) is 5.47. The van der Waals surface area contributed by atoms with Gasteiger partial charge < -0.3 is 16.8 Å². The normalized spacial score (nSPS) is 17.6. The third-order valence-electron chi connectivity index (χ3n) is 7.58. The topological polar surface area (TPSA) is 127 Å². The van der Waals surface area contributed by atoms with Gasteiger partial charge in [-0.05, 0) is 85.5 Å². The third kappa shape index (κ3) is 8.10. The molecule has 6 N–H and O–H groups in total. The van der Waals surface area contributed by atoms with Crippen molar-refractivity contribution >= 4 is 40.5 Å². The summed E-state index contributed by atoms with van der Waals surface area (Å²) in [4.78, 5) is 22.0. The molecule has 3 aromatic carbocycles. The molecule has 4 aromatic rings. The van der Waals surface area contributed by atoms with Crippen molar-refractivity contribution < 1.29 is 22.8 Å². The first-order chi connectivity index (χ1) is 20.1. The highest BCUT2D eigenvalue weighted by Crippen LogP contribution is 2.34. The Balaban J connectivity index is 0.000000612. The maximum Gasteiger partial charge on any atom is 0.446 e. The second-order valence-corrected chi connectivity index (χ2v) is 10.9. The molecule has 1 fully saturated rings. The second kappa shape index (κ2) is 13.8.